The van der Waals surface area contributed by atoms with Crippen LogP contribution >= 0.6 is 11.3 Å². The molecular formula is C11H7N3O4S. The van der Waals surface area contributed by atoms with E-state index in [1.54, 1.807) is 6.07 Å². The SMILES string of the molecule is O=C(Nc1n[nH]c2cc(C(=O)O)sc12)c1ccco1. The number of carboxylic acid groups (broad SMARTS) is 1. The molecule has 3 aromatic heterocycles. The Balaban J connectivity index is 1.93. The lowest BCUT2D eigenvalue weighted by Gasteiger charge is -1.97. The van der Waals surface area contributed by atoms with Crippen LogP contribution in [0, 0.1) is 0 Å². The predicted octanol–water partition coefficient (Wildman–Crippen LogP) is 2.17. The first-order valence-corrected chi connectivity index (χ1v) is 6.03. The number of thiophene rings is 1. The van der Waals surface area contributed by atoms with Crippen molar-refractivity contribution in [2.24, 2.45) is 0 Å². The van der Waals surface area contributed by atoms with Gasteiger partial charge in [-0.3, -0.25) is 9.89 Å². The van der Waals surface area contributed by atoms with Crippen LogP contribution in [0.1, 0.15) is 20.2 Å². The van der Waals surface area contributed by atoms with E-state index in [1.165, 1.54) is 18.4 Å². The molecule has 3 aromatic rings. The third-order valence-electron chi connectivity index (χ3n) is 2.42. The Morgan fingerprint density at radius 2 is 2.32 bits per heavy atom. The maximum absolute atomic E-state index is 11.8. The summed E-state index contributed by atoms with van der Waals surface area (Å²) in [7, 11) is 0. The molecule has 1 amide bonds. The lowest BCUT2D eigenvalue weighted by molar-refractivity contribution is 0.0702. The van der Waals surface area contributed by atoms with E-state index in [2.05, 4.69) is 15.5 Å². The Kier molecular flexibility index (Phi) is 2.57. The van der Waals surface area contributed by atoms with E-state index < -0.39 is 11.9 Å². The Bertz CT molecular complexity index is 756. The molecule has 8 heteroatoms. The number of aromatic amines is 1. The Hall–Kier alpha value is -2.61. The fourth-order valence-corrected chi connectivity index (χ4v) is 2.48. The zero-order valence-electron chi connectivity index (χ0n) is 9.34. The number of aromatic nitrogens is 2. The van der Waals surface area contributed by atoms with Crippen molar-refractivity contribution < 1.29 is 19.1 Å². The zero-order chi connectivity index (χ0) is 13.4. The van der Waals surface area contributed by atoms with Crippen molar-refractivity contribution in [2.75, 3.05) is 5.32 Å². The lowest BCUT2D eigenvalue weighted by Crippen LogP contribution is -2.11. The molecule has 0 saturated heterocycles. The predicted molar refractivity (Wildman–Crippen MR) is 67.6 cm³/mol. The highest BCUT2D eigenvalue weighted by Crippen LogP contribution is 2.30. The maximum Gasteiger partial charge on any atom is 0.345 e. The Labute approximate surface area is 109 Å². The molecule has 0 aliphatic heterocycles. The summed E-state index contributed by atoms with van der Waals surface area (Å²) >= 11 is 1.04. The molecule has 3 rings (SSSR count). The van der Waals surface area contributed by atoms with E-state index in [-0.39, 0.29) is 16.5 Å². The van der Waals surface area contributed by atoms with E-state index >= 15 is 0 Å². The fourth-order valence-electron chi connectivity index (χ4n) is 1.58. The number of nitrogens with one attached hydrogen (secondary N) is 2. The van der Waals surface area contributed by atoms with E-state index in [0.29, 0.717) is 10.2 Å². The van der Waals surface area contributed by atoms with Crippen LogP contribution in [0.3, 0.4) is 0 Å². The number of fused-ring (bicyclic) bond motifs is 1. The molecule has 3 N–H and O–H groups in total. The number of furan rings is 1. The van der Waals surface area contributed by atoms with Gasteiger partial charge in [0, 0.05) is 0 Å². The number of nitrogens with zero attached hydrogens (tertiary/aromatic N) is 1. The van der Waals surface area contributed by atoms with Gasteiger partial charge in [-0.1, -0.05) is 0 Å². The molecule has 0 saturated carbocycles. The maximum atomic E-state index is 11.8. The van der Waals surface area contributed by atoms with Crippen LogP contribution in [-0.4, -0.2) is 27.2 Å². The molecule has 3 heterocycles. The minimum atomic E-state index is -1.02. The minimum absolute atomic E-state index is 0.158. The van der Waals surface area contributed by atoms with Crippen molar-refractivity contribution >= 4 is 39.2 Å². The first kappa shape index (κ1) is 11.5. The third-order valence-corrected chi connectivity index (χ3v) is 3.55. The number of hydrogen-bond donors (Lipinski definition) is 3. The van der Waals surface area contributed by atoms with Gasteiger partial charge < -0.3 is 14.8 Å². The van der Waals surface area contributed by atoms with Gasteiger partial charge in [-0.2, -0.15) is 5.10 Å². The lowest BCUT2D eigenvalue weighted by atomic mass is 10.4. The number of carboxylic acids is 1. The van der Waals surface area contributed by atoms with Gasteiger partial charge in [0.25, 0.3) is 5.91 Å². The molecule has 0 aliphatic carbocycles. The average Bonchev–Trinajstić information content (AvgIpc) is 3.05. The Morgan fingerprint density at radius 3 is 3.00 bits per heavy atom. The second-order valence-electron chi connectivity index (χ2n) is 3.66. The van der Waals surface area contributed by atoms with E-state index in [1.807, 2.05) is 0 Å². The Morgan fingerprint density at radius 1 is 1.47 bits per heavy atom. The van der Waals surface area contributed by atoms with E-state index in [4.69, 9.17) is 9.52 Å². The van der Waals surface area contributed by atoms with E-state index in [0.717, 1.165) is 11.3 Å². The van der Waals surface area contributed by atoms with Gasteiger partial charge >= 0.3 is 5.97 Å². The third kappa shape index (κ3) is 1.97. The van der Waals surface area contributed by atoms with Gasteiger partial charge in [-0.25, -0.2) is 4.79 Å². The van der Waals surface area contributed by atoms with Crippen molar-refractivity contribution in [3.05, 3.63) is 35.1 Å². The second kappa shape index (κ2) is 4.25. The number of anilines is 1. The summed E-state index contributed by atoms with van der Waals surface area (Å²) in [6, 6.07) is 4.59. The molecule has 19 heavy (non-hydrogen) atoms. The summed E-state index contributed by atoms with van der Waals surface area (Å²) in [5, 5.41) is 18.1. The smallest absolute Gasteiger partial charge is 0.345 e. The van der Waals surface area contributed by atoms with Crippen molar-refractivity contribution in [1.82, 2.24) is 10.2 Å². The molecule has 96 valence electrons. The van der Waals surface area contributed by atoms with Gasteiger partial charge in [0.1, 0.15) is 4.88 Å². The van der Waals surface area contributed by atoms with Crippen molar-refractivity contribution in [1.29, 1.82) is 0 Å². The van der Waals surface area contributed by atoms with Crippen LogP contribution in [0.25, 0.3) is 10.2 Å². The van der Waals surface area contributed by atoms with Gasteiger partial charge in [-0.15, -0.1) is 11.3 Å². The standard InChI is InChI=1S/C11H7N3O4S/c15-10(6-2-1-3-18-6)12-9-8-5(13-14-9)4-7(19-8)11(16)17/h1-4H,(H,16,17)(H2,12,13,14,15). The summed E-state index contributed by atoms with van der Waals surface area (Å²) < 4.78 is 5.54. The van der Waals surface area contributed by atoms with Crippen LogP contribution < -0.4 is 5.32 Å². The highest BCUT2D eigenvalue weighted by molar-refractivity contribution is 7.21. The van der Waals surface area contributed by atoms with Crippen LogP contribution in [0.4, 0.5) is 5.82 Å². The van der Waals surface area contributed by atoms with Crippen LogP contribution in [0.5, 0.6) is 0 Å². The van der Waals surface area contributed by atoms with Crippen LogP contribution in [-0.2, 0) is 0 Å². The second-order valence-corrected chi connectivity index (χ2v) is 4.71. The van der Waals surface area contributed by atoms with Gasteiger partial charge in [0.05, 0.1) is 16.5 Å². The quantitative estimate of drug-likeness (QED) is 0.679. The topological polar surface area (TPSA) is 108 Å². The monoisotopic (exact) mass is 277 g/mol. The minimum Gasteiger partial charge on any atom is -0.477 e. The van der Waals surface area contributed by atoms with Gasteiger partial charge in [-0.05, 0) is 18.2 Å². The number of aromatic carboxylic acids is 1. The largest absolute Gasteiger partial charge is 0.477 e. The van der Waals surface area contributed by atoms with Gasteiger partial charge in [0.2, 0.25) is 0 Å². The number of amides is 1. The number of hydrogen-bond acceptors (Lipinski definition) is 5. The van der Waals surface area contributed by atoms with Crippen molar-refractivity contribution in [3.8, 4) is 0 Å². The highest BCUT2D eigenvalue weighted by atomic mass is 32.1. The molecular weight excluding hydrogens is 270 g/mol. The number of rotatable bonds is 3. The van der Waals surface area contributed by atoms with Crippen molar-refractivity contribution in [2.45, 2.75) is 0 Å². The van der Waals surface area contributed by atoms with Crippen LogP contribution in [0.2, 0.25) is 0 Å². The van der Waals surface area contributed by atoms with Crippen LogP contribution in [0.15, 0.2) is 28.9 Å². The molecule has 7 nitrogen and oxygen atoms in total. The molecule has 0 unspecified atom stereocenters. The normalized spacial score (nSPS) is 10.7. The van der Waals surface area contributed by atoms with E-state index in [9.17, 15) is 9.59 Å². The fraction of sp³-hybridized carbons (Fsp3) is 0. The molecule has 0 atom stereocenters. The average molecular weight is 277 g/mol. The molecule has 0 aromatic carbocycles. The number of carbonyl (C=O) groups excluding carboxylic acids is 1. The molecule has 0 radical (unpaired) electrons. The van der Waals surface area contributed by atoms with Crippen molar-refractivity contribution in [3.63, 3.8) is 0 Å². The molecule has 0 aliphatic rings. The summed E-state index contributed by atoms with van der Waals surface area (Å²) in [6.45, 7) is 0. The molecule has 0 spiro atoms. The zero-order valence-corrected chi connectivity index (χ0v) is 10.2. The number of carbonyl (C=O) groups is 2. The summed E-state index contributed by atoms with van der Waals surface area (Å²) in [5.41, 5.74) is 0.567. The summed E-state index contributed by atoms with van der Waals surface area (Å²) in [6.07, 6.45) is 1.39. The van der Waals surface area contributed by atoms with Gasteiger partial charge in [0.15, 0.2) is 11.6 Å². The summed E-state index contributed by atoms with van der Waals surface area (Å²) in [5.74, 6) is -1.01. The summed E-state index contributed by atoms with van der Waals surface area (Å²) in [4.78, 5) is 22.8. The molecule has 0 fully saturated rings. The first-order chi connectivity index (χ1) is 9.15. The number of H-pyrrole nitrogens is 1. The molecule has 0 bridgehead atoms. The highest BCUT2D eigenvalue weighted by Gasteiger charge is 2.17. The first-order valence-electron chi connectivity index (χ1n) is 5.21.